The minimum Gasteiger partial charge on any atom is -0.378 e. The Labute approximate surface area is 209 Å². The lowest BCUT2D eigenvalue weighted by atomic mass is 10.1. The lowest BCUT2D eigenvalue weighted by Gasteiger charge is -2.14. The maximum atomic E-state index is 13.1. The molecule has 0 aliphatic rings. The SMILES string of the molecule is CN(C)c1ccc(C=C(NC(=O)c2ccccc2Br)C(=O)Nc2ccc(Cl)c([N+](=O)[O-])c2)cc1. The van der Waals surface area contributed by atoms with E-state index < -0.39 is 16.7 Å². The summed E-state index contributed by atoms with van der Waals surface area (Å²) in [5.41, 5.74) is 1.74. The molecule has 0 saturated carbocycles. The molecule has 0 saturated heterocycles. The first-order valence-corrected chi connectivity index (χ1v) is 11.1. The maximum Gasteiger partial charge on any atom is 0.289 e. The molecule has 0 aromatic heterocycles. The molecule has 0 unspecified atom stereocenters. The molecule has 0 spiro atoms. The Morgan fingerprint density at radius 1 is 1.06 bits per heavy atom. The average molecular weight is 544 g/mol. The summed E-state index contributed by atoms with van der Waals surface area (Å²) in [5.74, 6) is -1.16. The zero-order valence-electron chi connectivity index (χ0n) is 18.2. The maximum absolute atomic E-state index is 13.1. The molecule has 0 heterocycles. The molecule has 0 radical (unpaired) electrons. The first-order valence-electron chi connectivity index (χ1n) is 9.96. The second-order valence-corrected chi connectivity index (χ2v) is 8.62. The van der Waals surface area contributed by atoms with E-state index in [1.54, 1.807) is 36.4 Å². The molecule has 3 aromatic carbocycles. The van der Waals surface area contributed by atoms with Gasteiger partial charge in [0.05, 0.1) is 10.5 Å². The van der Waals surface area contributed by atoms with Gasteiger partial charge in [0.25, 0.3) is 17.5 Å². The molecule has 0 bridgehead atoms. The van der Waals surface area contributed by atoms with Crippen LogP contribution in [0.5, 0.6) is 0 Å². The van der Waals surface area contributed by atoms with E-state index in [0.717, 1.165) is 11.8 Å². The summed E-state index contributed by atoms with van der Waals surface area (Å²) >= 11 is 9.19. The number of carbonyl (C=O) groups excluding carboxylic acids is 2. The lowest BCUT2D eigenvalue weighted by molar-refractivity contribution is -0.384. The molecule has 3 aromatic rings. The minimum atomic E-state index is -0.659. The molecule has 174 valence electrons. The monoisotopic (exact) mass is 542 g/mol. The summed E-state index contributed by atoms with van der Waals surface area (Å²) in [5, 5.41) is 16.3. The summed E-state index contributed by atoms with van der Waals surface area (Å²) in [6, 6.07) is 18.1. The van der Waals surface area contributed by atoms with Crippen LogP contribution < -0.4 is 15.5 Å². The van der Waals surface area contributed by atoms with Gasteiger partial charge < -0.3 is 15.5 Å². The smallest absolute Gasteiger partial charge is 0.289 e. The van der Waals surface area contributed by atoms with Gasteiger partial charge in [-0.2, -0.15) is 0 Å². The number of amides is 2. The number of halogens is 2. The largest absolute Gasteiger partial charge is 0.378 e. The number of benzene rings is 3. The molecule has 0 fully saturated rings. The Balaban J connectivity index is 1.94. The van der Waals surface area contributed by atoms with Crippen LogP contribution in [0.4, 0.5) is 17.1 Å². The number of hydrogen-bond donors (Lipinski definition) is 2. The zero-order valence-corrected chi connectivity index (χ0v) is 20.6. The van der Waals surface area contributed by atoms with E-state index in [9.17, 15) is 19.7 Å². The van der Waals surface area contributed by atoms with Crippen molar-refractivity contribution in [2.45, 2.75) is 0 Å². The third kappa shape index (κ3) is 6.21. The molecule has 0 aliphatic heterocycles. The van der Waals surface area contributed by atoms with Crippen molar-refractivity contribution in [3.63, 3.8) is 0 Å². The van der Waals surface area contributed by atoms with Crippen molar-refractivity contribution in [1.82, 2.24) is 5.32 Å². The Bertz CT molecular complexity index is 1280. The highest BCUT2D eigenvalue weighted by Gasteiger charge is 2.19. The van der Waals surface area contributed by atoms with Crippen LogP contribution >= 0.6 is 27.5 Å². The van der Waals surface area contributed by atoms with E-state index in [1.807, 2.05) is 31.1 Å². The van der Waals surface area contributed by atoms with Crippen LogP contribution in [-0.2, 0) is 4.79 Å². The van der Waals surface area contributed by atoms with Crippen LogP contribution in [0.3, 0.4) is 0 Å². The van der Waals surface area contributed by atoms with Gasteiger partial charge in [0.2, 0.25) is 0 Å². The van der Waals surface area contributed by atoms with E-state index in [4.69, 9.17) is 11.6 Å². The summed E-state index contributed by atoms with van der Waals surface area (Å²) in [7, 11) is 3.82. The first-order chi connectivity index (χ1) is 16.2. The molecular formula is C24H20BrClN4O4. The summed E-state index contributed by atoms with van der Waals surface area (Å²) in [6.45, 7) is 0. The first kappa shape index (κ1) is 24.9. The van der Waals surface area contributed by atoms with E-state index >= 15 is 0 Å². The van der Waals surface area contributed by atoms with Gasteiger partial charge in [-0.05, 0) is 64.0 Å². The van der Waals surface area contributed by atoms with Gasteiger partial charge in [-0.25, -0.2) is 0 Å². The van der Waals surface area contributed by atoms with Crippen molar-refractivity contribution < 1.29 is 14.5 Å². The third-order valence-corrected chi connectivity index (χ3v) is 5.74. The summed E-state index contributed by atoms with van der Waals surface area (Å²) in [4.78, 5) is 38.4. The Hall–Kier alpha value is -3.69. The number of nitrogens with zero attached hydrogens (tertiary/aromatic N) is 2. The number of hydrogen-bond acceptors (Lipinski definition) is 5. The third-order valence-electron chi connectivity index (χ3n) is 4.73. The average Bonchev–Trinajstić information content (AvgIpc) is 2.80. The van der Waals surface area contributed by atoms with Crippen LogP contribution in [0.1, 0.15) is 15.9 Å². The van der Waals surface area contributed by atoms with Gasteiger partial charge in [-0.15, -0.1) is 0 Å². The summed E-state index contributed by atoms with van der Waals surface area (Å²) in [6.07, 6.45) is 1.52. The van der Waals surface area contributed by atoms with Gasteiger partial charge >= 0.3 is 0 Å². The molecule has 10 heteroatoms. The highest BCUT2D eigenvalue weighted by Crippen LogP contribution is 2.27. The Morgan fingerprint density at radius 2 is 1.74 bits per heavy atom. The predicted octanol–water partition coefficient (Wildman–Crippen LogP) is 5.49. The van der Waals surface area contributed by atoms with Crippen molar-refractivity contribution in [2.24, 2.45) is 0 Å². The fourth-order valence-corrected chi connectivity index (χ4v) is 3.61. The van der Waals surface area contributed by atoms with E-state index in [0.29, 0.717) is 15.6 Å². The lowest BCUT2D eigenvalue weighted by Crippen LogP contribution is -2.31. The number of nitro groups is 1. The molecule has 2 N–H and O–H groups in total. The topological polar surface area (TPSA) is 105 Å². The van der Waals surface area contributed by atoms with E-state index in [2.05, 4.69) is 26.6 Å². The minimum absolute atomic E-state index is 0.0454. The van der Waals surface area contributed by atoms with Gasteiger partial charge in [0.1, 0.15) is 10.7 Å². The number of nitro benzene ring substituents is 1. The van der Waals surface area contributed by atoms with E-state index in [-0.39, 0.29) is 22.1 Å². The fourth-order valence-electron chi connectivity index (χ4n) is 2.96. The van der Waals surface area contributed by atoms with Crippen molar-refractivity contribution in [1.29, 1.82) is 0 Å². The van der Waals surface area contributed by atoms with Gasteiger partial charge in [0, 0.05) is 36.0 Å². The molecule has 8 nitrogen and oxygen atoms in total. The molecule has 0 aliphatic carbocycles. The van der Waals surface area contributed by atoms with Gasteiger partial charge in [-0.3, -0.25) is 19.7 Å². The van der Waals surface area contributed by atoms with Gasteiger partial charge in [-0.1, -0.05) is 35.9 Å². The second kappa shape index (κ2) is 11.0. The highest BCUT2D eigenvalue weighted by molar-refractivity contribution is 9.10. The Kier molecular flexibility index (Phi) is 8.04. The van der Waals surface area contributed by atoms with Crippen molar-refractivity contribution >= 4 is 62.5 Å². The molecule has 0 atom stereocenters. The van der Waals surface area contributed by atoms with Crippen molar-refractivity contribution in [2.75, 3.05) is 24.3 Å². The van der Waals surface area contributed by atoms with Crippen LogP contribution in [0.15, 0.2) is 76.9 Å². The number of rotatable bonds is 7. The van der Waals surface area contributed by atoms with Crippen LogP contribution in [0.2, 0.25) is 5.02 Å². The molecule has 34 heavy (non-hydrogen) atoms. The van der Waals surface area contributed by atoms with Crippen LogP contribution in [0.25, 0.3) is 6.08 Å². The number of nitrogens with one attached hydrogen (secondary N) is 2. The molecule has 3 rings (SSSR count). The quantitative estimate of drug-likeness (QED) is 0.233. The number of carbonyl (C=O) groups is 2. The normalized spacial score (nSPS) is 11.0. The van der Waals surface area contributed by atoms with Crippen LogP contribution in [-0.4, -0.2) is 30.8 Å². The standard InChI is InChI=1S/C24H20BrClN4O4/c1-29(2)17-10-7-15(8-11-17)13-21(28-23(31)18-5-3-4-6-19(18)25)24(32)27-16-9-12-20(26)22(14-16)30(33)34/h3-14H,1-2H3,(H,27,32)(H,28,31). The highest BCUT2D eigenvalue weighted by atomic mass is 79.9. The van der Waals surface area contributed by atoms with Gasteiger partial charge in [0.15, 0.2) is 0 Å². The summed E-state index contributed by atoms with van der Waals surface area (Å²) < 4.78 is 0.566. The van der Waals surface area contributed by atoms with Crippen molar-refractivity contribution in [3.05, 3.63) is 103 Å². The fraction of sp³-hybridized carbons (Fsp3) is 0.0833. The Morgan fingerprint density at radius 3 is 2.35 bits per heavy atom. The predicted molar refractivity (Wildman–Crippen MR) is 137 cm³/mol. The number of anilines is 2. The van der Waals surface area contributed by atoms with E-state index in [1.165, 1.54) is 18.2 Å². The molecule has 2 amide bonds. The molecular weight excluding hydrogens is 524 g/mol. The second-order valence-electron chi connectivity index (χ2n) is 7.36. The van der Waals surface area contributed by atoms with Crippen molar-refractivity contribution in [3.8, 4) is 0 Å². The zero-order chi connectivity index (χ0) is 24.8. The van der Waals surface area contributed by atoms with Crippen LogP contribution in [0, 0.1) is 10.1 Å².